The van der Waals surface area contributed by atoms with E-state index in [4.69, 9.17) is 0 Å². The van der Waals surface area contributed by atoms with Crippen LogP contribution in [0.1, 0.15) is 43.2 Å². The van der Waals surface area contributed by atoms with Gasteiger partial charge in [0.2, 0.25) is 5.91 Å². The lowest BCUT2D eigenvalue weighted by atomic mass is 9.79. The summed E-state index contributed by atoms with van der Waals surface area (Å²) in [5.74, 6) is 0.976. The molecule has 2 aromatic heterocycles. The monoisotopic (exact) mass is 307 g/mol. The first-order valence-corrected chi connectivity index (χ1v) is 8.07. The van der Waals surface area contributed by atoms with E-state index in [-0.39, 0.29) is 11.4 Å². The summed E-state index contributed by atoms with van der Waals surface area (Å²) in [5, 5.41) is 0. The van der Waals surface area contributed by atoms with Gasteiger partial charge >= 0.3 is 0 Å². The van der Waals surface area contributed by atoms with Crippen LogP contribution >= 0.6 is 0 Å². The van der Waals surface area contributed by atoms with Crippen LogP contribution in [0.5, 0.6) is 0 Å². The lowest BCUT2D eigenvalue weighted by Gasteiger charge is -2.33. The summed E-state index contributed by atoms with van der Waals surface area (Å²) < 4.78 is 0. The highest BCUT2D eigenvalue weighted by molar-refractivity contribution is 6.08. The van der Waals surface area contributed by atoms with Gasteiger partial charge in [0.25, 0.3) is 0 Å². The number of aryl methyl sites for hydroxylation is 1. The van der Waals surface area contributed by atoms with Crippen molar-refractivity contribution in [1.82, 2.24) is 9.97 Å². The van der Waals surface area contributed by atoms with E-state index in [1.165, 1.54) is 5.56 Å². The van der Waals surface area contributed by atoms with Crippen molar-refractivity contribution in [2.75, 3.05) is 4.90 Å². The second-order valence-corrected chi connectivity index (χ2v) is 7.74. The van der Waals surface area contributed by atoms with Gasteiger partial charge < -0.3 is 0 Å². The predicted molar refractivity (Wildman–Crippen MR) is 89.5 cm³/mol. The molecule has 1 aliphatic heterocycles. The molecule has 3 heterocycles. The Morgan fingerprint density at radius 1 is 1.22 bits per heavy atom. The van der Waals surface area contributed by atoms with E-state index in [1.807, 2.05) is 24.1 Å². The third-order valence-corrected chi connectivity index (χ3v) is 4.96. The average Bonchev–Trinajstić information content (AvgIpc) is 2.96. The molecule has 2 aromatic rings. The molecule has 0 bridgehead atoms. The fourth-order valence-corrected chi connectivity index (χ4v) is 3.98. The minimum absolute atomic E-state index is 0.161. The van der Waals surface area contributed by atoms with Crippen molar-refractivity contribution in [2.24, 2.45) is 0 Å². The maximum absolute atomic E-state index is 13.4. The number of nitrogens with zero attached hydrogens (tertiary/aromatic N) is 3. The van der Waals surface area contributed by atoms with Crippen molar-refractivity contribution in [3.05, 3.63) is 53.0 Å². The van der Waals surface area contributed by atoms with E-state index >= 15 is 0 Å². The lowest BCUT2D eigenvalue weighted by Crippen LogP contribution is -2.49. The Morgan fingerprint density at radius 3 is 2.74 bits per heavy atom. The molecule has 1 aliphatic carbocycles. The molecule has 2 aliphatic rings. The summed E-state index contributed by atoms with van der Waals surface area (Å²) in [6.07, 6.45) is 5.06. The standard InChI is InChI=1S/C19H21N3O/c1-12-8-13-9-19(10-15(13)21-11-12)14-6-5-7-20-16(14)22(17(19)23)18(2,3)4/h5-8,11H,9-10H2,1-4H3/t19-/m1/s1. The Morgan fingerprint density at radius 2 is 2.00 bits per heavy atom. The van der Waals surface area contributed by atoms with Crippen molar-refractivity contribution in [2.45, 2.75) is 51.5 Å². The SMILES string of the molecule is Cc1cnc2c(c1)C[C@]1(C2)C(=O)N(C(C)(C)C)c2ncccc21. The number of carbonyl (C=O) groups excluding carboxylic acids is 1. The van der Waals surface area contributed by atoms with Crippen molar-refractivity contribution >= 4 is 11.7 Å². The summed E-state index contributed by atoms with van der Waals surface area (Å²) in [7, 11) is 0. The van der Waals surface area contributed by atoms with Gasteiger partial charge in [-0.25, -0.2) is 4.98 Å². The van der Waals surface area contributed by atoms with E-state index in [9.17, 15) is 4.79 Å². The number of rotatable bonds is 0. The molecule has 1 spiro atoms. The van der Waals surface area contributed by atoms with E-state index in [0.717, 1.165) is 29.1 Å². The molecule has 0 fully saturated rings. The molecule has 4 nitrogen and oxygen atoms in total. The largest absolute Gasteiger partial charge is 0.290 e. The Hall–Kier alpha value is -2.23. The van der Waals surface area contributed by atoms with Gasteiger partial charge in [-0.2, -0.15) is 0 Å². The smallest absolute Gasteiger partial charge is 0.240 e. The fourth-order valence-electron chi connectivity index (χ4n) is 3.98. The van der Waals surface area contributed by atoms with Crippen molar-refractivity contribution < 1.29 is 4.79 Å². The van der Waals surface area contributed by atoms with Crippen LogP contribution < -0.4 is 4.90 Å². The molecule has 1 atom stereocenters. The highest BCUT2D eigenvalue weighted by Crippen LogP contribution is 2.50. The van der Waals surface area contributed by atoms with E-state index in [2.05, 4.69) is 42.9 Å². The van der Waals surface area contributed by atoms with Crippen LogP contribution in [0.3, 0.4) is 0 Å². The number of hydrogen-bond donors (Lipinski definition) is 0. The topological polar surface area (TPSA) is 46.1 Å². The lowest BCUT2D eigenvalue weighted by molar-refractivity contribution is -0.123. The Balaban J connectivity index is 1.90. The molecule has 118 valence electrons. The Bertz CT molecular complexity index is 822. The van der Waals surface area contributed by atoms with Crippen molar-refractivity contribution in [3.63, 3.8) is 0 Å². The number of anilines is 1. The van der Waals surface area contributed by atoms with E-state index in [1.54, 1.807) is 6.20 Å². The minimum atomic E-state index is -0.528. The summed E-state index contributed by atoms with van der Waals surface area (Å²) in [4.78, 5) is 24.4. The summed E-state index contributed by atoms with van der Waals surface area (Å²) >= 11 is 0. The quantitative estimate of drug-likeness (QED) is 0.751. The second-order valence-electron chi connectivity index (χ2n) is 7.74. The number of aromatic nitrogens is 2. The normalized spacial score (nSPS) is 22.6. The second kappa shape index (κ2) is 4.40. The van der Waals surface area contributed by atoms with Gasteiger partial charge in [0.15, 0.2) is 0 Å². The minimum Gasteiger partial charge on any atom is -0.290 e. The number of pyridine rings is 2. The average molecular weight is 307 g/mol. The van der Waals surface area contributed by atoms with Gasteiger partial charge in [-0.3, -0.25) is 14.7 Å². The van der Waals surface area contributed by atoms with E-state index in [0.29, 0.717) is 6.42 Å². The van der Waals surface area contributed by atoms with Crippen LogP contribution in [0.2, 0.25) is 0 Å². The summed E-state index contributed by atoms with van der Waals surface area (Å²) in [6.45, 7) is 8.23. The number of amides is 1. The molecule has 0 aromatic carbocycles. The zero-order chi connectivity index (χ0) is 16.4. The van der Waals surface area contributed by atoms with Gasteiger partial charge in [0, 0.05) is 35.6 Å². The first-order valence-electron chi connectivity index (χ1n) is 8.07. The third kappa shape index (κ3) is 1.87. The van der Waals surface area contributed by atoms with Crippen LogP contribution in [0.25, 0.3) is 0 Å². The van der Waals surface area contributed by atoms with Crippen LogP contribution in [-0.2, 0) is 23.1 Å². The van der Waals surface area contributed by atoms with Crippen LogP contribution in [0.4, 0.5) is 5.82 Å². The molecular formula is C19H21N3O. The van der Waals surface area contributed by atoms with Gasteiger partial charge in [-0.1, -0.05) is 12.1 Å². The van der Waals surface area contributed by atoms with Crippen molar-refractivity contribution in [3.8, 4) is 0 Å². The highest BCUT2D eigenvalue weighted by atomic mass is 16.2. The fraction of sp³-hybridized carbons (Fsp3) is 0.421. The molecule has 0 N–H and O–H groups in total. The number of fused-ring (bicyclic) bond motifs is 3. The summed E-state index contributed by atoms with van der Waals surface area (Å²) in [6, 6.07) is 6.16. The van der Waals surface area contributed by atoms with Gasteiger partial charge in [-0.15, -0.1) is 0 Å². The Kier molecular flexibility index (Phi) is 2.75. The van der Waals surface area contributed by atoms with Crippen LogP contribution in [0.15, 0.2) is 30.6 Å². The highest BCUT2D eigenvalue weighted by Gasteiger charge is 2.57. The molecule has 0 saturated carbocycles. The zero-order valence-electron chi connectivity index (χ0n) is 14.1. The first-order chi connectivity index (χ1) is 10.8. The molecular weight excluding hydrogens is 286 g/mol. The predicted octanol–water partition coefficient (Wildman–Crippen LogP) is 2.97. The molecule has 23 heavy (non-hydrogen) atoms. The molecule has 4 rings (SSSR count). The van der Waals surface area contributed by atoms with Crippen molar-refractivity contribution in [1.29, 1.82) is 0 Å². The Labute approximate surface area is 136 Å². The van der Waals surface area contributed by atoms with Crippen LogP contribution in [0, 0.1) is 6.92 Å². The zero-order valence-corrected chi connectivity index (χ0v) is 14.1. The molecule has 0 radical (unpaired) electrons. The van der Waals surface area contributed by atoms with Gasteiger partial charge in [0.05, 0.1) is 5.41 Å². The van der Waals surface area contributed by atoms with E-state index < -0.39 is 5.41 Å². The third-order valence-electron chi connectivity index (χ3n) is 4.96. The number of carbonyl (C=O) groups is 1. The molecule has 1 amide bonds. The summed E-state index contributed by atoms with van der Waals surface area (Å²) in [5.41, 5.74) is 3.63. The first kappa shape index (κ1) is 14.4. The molecule has 0 unspecified atom stereocenters. The van der Waals surface area contributed by atoms with Crippen LogP contribution in [-0.4, -0.2) is 21.4 Å². The maximum Gasteiger partial charge on any atom is 0.240 e. The number of hydrogen-bond acceptors (Lipinski definition) is 3. The van der Waals surface area contributed by atoms with Gasteiger partial charge in [-0.05, 0) is 51.3 Å². The van der Waals surface area contributed by atoms with Gasteiger partial charge in [0.1, 0.15) is 5.82 Å². The maximum atomic E-state index is 13.4. The molecule has 0 saturated heterocycles. The molecule has 4 heteroatoms.